The smallest absolute Gasteiger partial charge is 0.254 e. The van der Waals surface area contributed by atoms with Gasteiger partial charge in [-0.2, -0.15) is 0 Å². The summed E-state index contributed by atoms with van der Waals surface area (Å²) in [6.07, 6.45) is 0.797. The van der Waals surface area contributed by atoms with Crippen molar-refractivity contribution in [2.75, 3.05) is 13.7 Å². The first-order valence-corrected chi connectivity index (χ1v) is 5.94. The zero-order chi connectivity index (χ0) is 13.3. The van der Waals surface area contributed by atoms with Crippen LogP contribution in [0.25, 0.3) is 0 Å². The Hall–Kier alpha value is -1.62. The Bertz CT molecular complexity index is 464. The summed E-state index contributed by atoms with van der Waals surface area (Å²) in [6.45, 7) is 2.57. The van der Waals surface area contributed by atoms with Gasteiger partial charge in [-0.3, -0.25) is 4.79 Å². The Morgan fingerprint density at radius 2 is 2.28 bits per heavy atom. The molecule has 1 aliphatic heterocycles. The highest BCUT2D eigenvalue weighted by atomic mass is 19.1. The summed E-state index contributed by atoms with van der Waals surface area (Å²) in [5.41, 5.74) is 6.31. The van der Waals surface area contributed by atoms with Gasteiger partial charge in [0.2, 0.25) is 0 Å². The molecule has 0 radical (unpaired) electrons. The van der Waals surface area contributed by atoms with Crippen LogP contribution in [0.3, 0.4) is 0 Å². The normalized spacial score (nSPS) is 23.2. The minimum atomic E-state index is -0.472. The molecule has 1 saturated heterocycles. The number of ether oxygens (including phenoxy) is 1. The summed E-state index contributed by atoms with van der Waals surface area (Å²) >= 11 is 0. The Labute approximate surface area is 106 Å². The number of hydrogen-bond acceptors (Lipinski definition) is 3. The summed E-state index contributed by atoms with van der Waals surface area (Å²) in [6, 6.07) is 4.15. The van der Waals surface area contributed by atoms with Gasteiger partial charge in [0.25, 0.3) is 5.91 Å². The molecular formula is C13H17FN2O2. The highest BCUT2D eigenvalue weighted by Gasteiger charge is 2.32. The summed E-state index contributed by atoms with van der Waals surface area (Å²) < 4.78 is 18.2. The summed E-state index contributed by atoms with van der Waals surface area (Å²) in [4.78, 5) is 14.0. The third-order valence-electron chi connectivity index (χ3n) is 3.47. The van der Waals surface area contributed by atoms with Crippen molar-refractivity contribution in [3.05, 3.63) is 29.6 Å². The van der Waals surface area contributed by atoms with E-state index < -0.39 is 5.82 Å². The lowest BCUT2D eigenvalue weighted by Gasteiger charge is -2.23. The SMILES string of the molecule is COc1cc(C(=O)N2CCC(N)C2C)ccc1F. The molecule has 0 bridgehead atoms. The Morgan fingerprint density at radius 3 is 2.83 bits per heavy atom. The molecule has 1 aromatic carbocycles. The van der Waals surface area contributed by atoms with Gasteiger partial charge >= 0.3 is 0 Å². The molecule has 2 N–H and O–H groups in total. The van der Waals surface area contributed by atoms with Crippen LogP contribution in [0.1, 0.15) is 23.7 Å². The average Bonchev–Trinajstić information content (AvgIpc) is 2.70. The van der Waals surface area contributed by atoms with Crippen LogP contribution in [0.2, 0.25) is 0 Å². The molecule has 1 heterocycles. The Kier molecular flexibility index (Phi) is 3.52. The number of likely N-dealkylation sites (tertiary alicyclic amines) is 1. The quantitative estimate of drug-likeness (QED) is 0.865. The van der Waals surface area contributed by atoms with Gasteiger partial charge in [-0.05, 0) is 31.5 Å². The highest BCUT2D eigenvalue weighted by molar-refractivity contribution is 5.95. The van der Waals surface area contributed by atoms with Crippen LogP contribution in [0.4, 0.5) is 4.39 Å². The van der Waals surface area contributed by atoms with E-state index in [0.717, 1.165) is 6.42 Å². The predicted molar refractivity (Wildman–Crippen MR) is 66.0 cm³/mol. The fourth-order valence-corrected chi connectivity index (χ4v) is 2.21. The highest BCUT2D eigenvalue weighted by Crippen LogP contribution is 2.23. The van der Waals surface area contributed by atoms with E-state index in [1.807, 2.05) is 6.92 Å². The summed E-state index contributed by atoms with van der Waals surface area (Å²) in [7, 11) is 1.38. The van der Waals surface area contributed by atoms with Crippen molar-refractivity contribution < 1.29 is 13.9 Å². The number of nitrogens with zero attached hydrogens (tertiary/aromatic N) is 1. The van der Waals surface area contributed by atoms with E-state index in [0.29, 0.717) is 12.1 Å². The molecule has 18 heavy (non-hydrogen) atoms. The molecule has 0 spiro atoms. The van der Waals surface area contributed by atoms with Crippen LogP contribution >= 0.6 is 0 Å². The third-order valence-corrected chi connectivity index (χ3v) is 3.47. The molecule has 0 aliphatic carbocycles. The number of nitrogens with two attached hydrogens (primary N) is 1. The zero-order valence-corrected chi connectivity index (χ0v) is 10.5. The van der Waals surface area contributed by atoms with E-state index in [1.54, 1.807) is 4.90 Å². The molecule has 1 aliphatic rings. The maximum atomic E-state index is 13.3. The third kappa shape index (κ3) is 2.18. The lowest BCUT2D eigenvalue weighted by Crippen LogP contribution is -2.40. The van der Waals surface area contributed by atoms with E-state index >= 15 is 0 Å². The molecule has 0 saturated carbocycles. The summed E-state index contributed by atoms with van der Waals surface area (Å²) in [5.74, 6) is -0.522. The number of rotatable bonds is 2. The Balaban J connectivity index is 2.24. The zero-order valence-electron chi connectivity index (χ0n) is 10.5. The molecule has 1 aromatic rings. The van der Waals surface area contributed by atoms with E-state index in [4.69, 9.17) is 10.5 Å². The molecule has 4 nitrogen and oxygen atoms in total. The molecule has 2 unspecified atom stereocenters. The van der Waals surface area contributed by atoms with Crippen LogP contribution < -0.4 is 10.5 Å². The minimum absolute atomic E-state index is 0.00791. The van der Waals surface area contributed by atoms with Gasteiger partial charge in [-0.1, -0.05) is 0 Å². The van der Waals surface area contributed by atoms with Crippen molar-refractivity contribution in [2.24, 2.45) is 5.73 Å². The van der Waals surface area contributed by atoms with Crippen molar-refractivity contribution >= 4 is 5.91 Å². The maximum Gasteiger partial charge on any atom is 0.254 e. The number of halogens is 1. The fourth-order valence-electron chi connectivity index (χ4n) is 2.21. The van der Waals surface area contributed by atoms with Crippen molar-refractivity contribution in [1.29, 1.82) is 0 Å². The van der Waals surface area contributed by atoms with Crippen LogP contribution in [0.15, 0.2) is 18.2 Å². The van der Waals surface area contributed by atoms with Gasteiger partial charge in [0.1, 0.15) is 0 Å². The van der Waals surface area contributed by atoms with E-state index in [9.17, 15) is 9.18 Å². The van der Waals surface area contributed by atoms with Crippen LogP contribution in [-0.2, 0) is 0 Å². The Morgan fingerprint density at radius 1 is 1.56 bits per heavy atom. The van der Waals surface area contributed by atoms with Crippen LogP contribution in [0, 0.1) is 5.82 Å². The molecule has 1 fully saturated rings. The first-order chi connectivity index (χ1) is 8.54. The molecule has 2 rings (SSSR count). The number of carbonyl (C=O) groups is 1. The topological polar surface area (TPSA) is 55.6 Å². The molecule has 98 valence electrons. The lowest BCUT2D eigenvalue weighted by molar-refractivity contribution is 0.0742. The van der Waals surface area contributed by atoms with E-state index in [2.05, 4.69) is 0 Å². The largest absolute Gasteiger partial charge is 0.494 e. The van der Waals surface area contributed by atoms with Gasteiger partial charge < -0.3 is 15.4 Å². The second kappa shape index (κ2) is 4.94. The first kappa shape index (κ1) is 12.8. The van der Waals surface area contributed by atoms with Crippen molar-refractivity contribution in [3.63, 3.8) is 0 Å². The van der Waals surface area contributed by atoms with Gasteiger partial charge in [0.15, 0.2) is 11.6 Å². The maximum absolute atomic E-state index is 13.3. The van der Waals surface area contributed by atoms with Crippen LogP contribution in [0.5, 0.6) is 5.75 Å². The van der Waals surface area contributed by atoms with Gasteiger partial charge in [0, 0.05) is 24.2 Å². The van der Waals surface area contributed by atoms with Crippen molar-refractivity contribution in [1.82, 2.24) is 4.90 Å². The van der Waals surface area contributed by atoms with E-state index in [1.165, 1.54) is 25.3 Å². The number of methoxy groups -OCH3 is 1. The first-order valence-electron chi connectivity index (χ1n) is 5.94. The number of benzene rings is 1. The van der Waals surface area contributed by atoms with Crippen molar-refractivity contribution in [3.8, 4) is 5.75 Å². The average molecular weight is 252 g/mol. The molecule has 0 aromatic heterocycles. The van der Waals surface area contributed by atoms with Gasteiger partial charge in [-0.15, -0.1) is 0 Å². The molecule has 5 heteroatoms. The second-order valence-corrected chi connectivity index (χ2v) is 4.54. The fraction of sp³-hybridized carbons (Fsp3) is 0.462. The molecule has 2 atom stereocenters. The predicted octanol–water partition coefficient (Wildman–Crippen LogP) is 1.40. The van der Waals surface area contributed by atoms with Gasteiger partial charge in [-0.25, -0.2) is 4.39 Å². The number of hydrogen-bond donors (Lipinski definition) is 1. The summed E-state index contributed by atoms with van der Waals surface area (Å²) in [5, 5.41) is 0. The molecule has 1 amide bonds. The molecular weight excluding hydrogens is 235 g/mol. The number of amides is 1. The van der Waals surface area contributed by atoms with Gasteiger partial charge in [0.05, 0.1) is 7.11 Å². The standard InChI is InChI=1S/C13H17FN2O2/c1-8-11(15)5-6-16(8)13(17)9-3-4-10(14)12(7-9)18-2/h3-4,7-8,11H,5-6,15H2,1-2H3. The second-order valence-electron chi connectivity index (χ2n) is 4.54. The lowest BCUT2D eigenvalue weighted by atomic mass is 10.1. The minimum Gasteiger partial charge on any atom is -0.494 e. The number of carbonyl (C=O) groups excluding carboxylic acids is 1. The van der Waals surface area contributed by atoms with Crippen molar-refractivity contribution in [2.45, 2.75) is 25.4 Å². The van der Waals surface area contributed by atoms with E-state index in [-0.39, 0.29) is 23.7 Å². The monoisotopic (exact) mass is 252 g/mol. The van der Waals surface area contributed by atoms with Crippen LogP contribution in [-0.4, -0.2) is 36.5 Å².